The molecule has 1 saturated carbocycles. The van der Waals surface area contributed by atoms with E-state index in [-0.39, 0.29) is 0 Å². The summed E-state index contributed by atoms with van der Waals surface area (Å²) < 4.78 is 1.85. The van der Waals surface area contributed by atoms with E-state index in [1.54, 1.807) is 12.4 Å². The molecule has 2 heterocycles. The molecule has 1 aliphatic carbocycles. The van der Waals surface area contributed by atoms with Crippen molar-refractivity contribution in [2.45, 2.75) is 31.7 Å². The fraction of sp³-hybridized carbons (Fsp3) is 0.455. The maximum atomic E-state index is 4.37. The standard InChI is InChI=1S/C11H14N4/c1-2-4-9(3-1)14-11-10-5-6-13-15(10)8-7-12-11/h5-9H,1-4H2,(H,12,14). The lowest BCUT2D eigenvalue weighted by Crippen LogP contribution is -2.16. The molecule has 15 heavy (non-hydrogen) atoms. The molecule has 0 unspecified atom stereocenters. The minimum absolute atomic E-state index is 0.596. The van der Waals surface area contributed by atoms with Crippen molar-refractivity contribution in [3.8, 4) is 0 Å². The third kappa shape index (κ3) is 1.56. The Hall–Kier alpha value is -1.58. The fourth-order valence-corrected chi connectivity index (χ4v) is 2.23. The van der Waals surface area contributed by atoms with E-state index in [2.05, 4.69) is 15.4 Å². The molecule has 1 N–H and O–H groups in total. The molecule has 1 aliphatic rings. The zero-order valence-corrected chi connectivity index (χ0v) is 8.56. The summed E-state index contributed by atoms with van der Waals surface area (Å²) in [5.74, 6) is 0.960. The molecule has 2 aromatic heterocycles. The van der Waals surface area contributed by atoms with Gasteiger partial charge in [-0.3, -0.25) is 0 Å². The number of hydrogen-bond donors (Lipinski definition) is 1. The van der Waals surface area contributed by atoms with Crippen molar-refractivity contribution in [3.05, 3.63) is 24.7 Å². The largest absolute Gasteiger partial charge is 0.366 e. The summed E-state index contributed by atoms with van der Waals surface area (Å²) in [6.45, 7) is 0. The number of fused-ring (bicyclic) bond motifs is 1. The monoisotopic (exact) mass is 202 g/mol. The van der Waals surface area contributed by atoms with Gasteiger partial charge in [0.1, 0.15) is 5.52 Å². The van der Waals surface area contributed by atoms with Gasteiger partial charge in [0, 0.05) is 18.4 Å². The minimum Gasteiger partial charge on any atom is -0.366 e. The third-order valence-corrected chi connectivity index (χ3v) is 3.02. The summed E-state index contributed by atoms with van der Waals surface area (Å²) in [4.78, 5) is 4.37. The van der Waals surface area contributed by atoms with Crippen LogP contribution in [-0.2, 0) is 0 Å². The highest BCUT2D eigenvalue weighted by Crippen LogP contribution is 2.23. The molecule has 0 amide bonds. The molecular formula is C11H14N4. The first-order valence-electron chi connectivity index (χ1n) is 5.48. The molecule has 0 radical (unpaired) electrons. The van der Waals surface area contributed by atoms with E-state index in [1.165, 1.54) is 25.7 Å². The molecule has 3 rings (SSSR count). The number of anilines is 1. The van der Waals surface area contributed by atoms with Crippen LogP contribution in [0.15, 0.2) is 24.7 Å². The van der Waals surface area contributed by atoms with Crippen LogP contribution in [0.2, 0.25) is 0 Å². The summed E-state index contributed by atoms with van der Waals surface area (Å²) in [5.41, 5.74) is 1.06. The van der Waals surface area contributed by atoms with Gasteiger partial charge >= 0.3 is 0 Å². The van der Waals surface area contributed by atoms with Crippen molar-refractivity contribution in [3.63, 3.8) is 0 Å². The molecular weight excluding hydrogens is 188 g/mol. The Kier molecular flexibility index (Phi) is 2.05. The summed E-state index contributed by atoms with van der Waals surface area (Å²) in [6, 6.07) is 2.59. The van der Waals surface area contributed by atoms with E-state index < -0.39 is 0 Å². The van der Waals surface area contributed by atoms with Gasteiger partial charge in [-0.15, -0.1) is 0 Å². The second-order valence-corrected chi connectivity index (χ2v) is 4.06. The predicted octanol–water partition coefficient (Wildman–Crippen LogP) is 2.08. The van der Waals surface area contributed by atoms with E-state index >= 15 is 0 Å². The lowest BCUT2D eigenvalue weighted by Gasteiger charge is -2.12. The van der Waals surface area contributed by atoms with Gasteiger partial charge in [-0.25, -0.2) is 9.50 Å². The SMILES string of the molecule is c1cn2nccc2c(NC2CCCC2)n1. The molecule has 0 aliphatic heterocycles. The zero-order valence-electron chi connectivity index (χ0n) is 8.56. The minimum atomic E-state index is 0.596. The number of rotatable bonds is 2. The molecule has 1 fully saturated rings. The zero-order chi connectivity index (χ0) is 10.1. The molecule has 0 atom stereocenters. The maximum absolute atomic E-state index is 4.37. The lowest BCUT2D eigenvalue weighted by molar-refractivity contribution is 0.750. The topological polar surface area (TPSA) is 42.2 Å². The quantitative estimate of drug-likeness (QED) is 0.810. The van der Waals surface area contributed by atoms with E-state index in [0.717, 1.165) is 11.3 Å². The molecule has 78 valence electrons. The van der Waals surface area contributed by atoms with Gasteiger partial charge in [-0.2, -0.15) is 5.10 Å². The Balaban J connectivity index is 1.92. The van der Waals surface area contributed by atoms with Crippen molar-refractivity contribution in [1.29, 1.82) is 0 Å². The van der Waals surface area contributed by atoms with Crippen molar-refractivity contribution in [2.24, 2.45) is 0 Å². The summed E-state index contributed by atoms with van der Waals surface area (Å²) >= 11 is 0. The molecule has 4 heteroatoms. The fourth-order valence-electron chi connectivity index (χ4n) is 2.23. The van der Waals surface area contributed by atoms with Gasteiger partial charge in [0.25, 0.3) is 0 Å². The average Bonchev–Trinajstić information content (AvgIpc) is 2.87. The number of aromatic nitrogens is 3. The summed E-state index contributed by atoms with van der Waals surface area (Å²) in [7, 11) is 0. The molecule has 0 aromatic carbocycles. The normalized spacial score (nSPS) is 17.3. The average molecular weight is 202 g/mol. The highest BCUT2D eigenvalue weighted by Gasteiger charge is 2.16. The van der Waals surface area contributed by atoms with Crippen molar-refractivity contribution >= 4 is 11.3 Å². The van der Waals surface area contributed by atoms with Crippen molar-refractivity contribution in [2.75, 3.05) is 5.32 Å². The second-order valence-electron chi connectivity index (χ2n) is 4.06. The lowest BCUT2D eigenvalue weighted by atomic mass is 10.2. The Morgan fingerprint density at radius 3 is 3.00 bits per heavy atom. The highest BCUT2D eigenvalue weighted by molar-refractivity contribution is 5.67. The summed E-state index contributed by atoms with van der Waals surface area (Å²) in [6.07, 6.45) is 10.6. The Bertz CT molecular complexity index is 456. The number of nitrogens with one attached hydrogen (secondary N) is 1. The van der Waals surface area contributed by atoms with E-state index in [1.807, 2.05) is 16.8 Å². The van der Waals surface area contributed by atoms with Crippen LogP contribution in [0.3, 0.4) is 0 Å². The van der Waals surface area contributed by atoms with Crippen LogP contribution in [0, 0.1) is 0 Å². The Morgan fingerprint density at radius 2 is 2.13 bits per heavy atom. The van der Waals surface area contributed by atoms with Crippen LogP contribution in [0.1, 0.15) is 25.7 Å². The van der Waals surface area contributed by atoms with Crippen LogP contribution in [-0.4, -0.2) is 20.6 Å². The highest BCUT2D eigenvalue weighted by atomic mass is 15.2. The molecule has 0 spiro atoms. The number of hydrogen-bond acceptors (Lipinski definition) is 3. The van der Waals surface area contributed by atoms with Crippen molar-refractivity contribution in [1.82, 2.24) is 14.6 Å². The predicted molar refractivity (Wildman–Crippen MR) is 58.9 cm³/mol. The van der Waals surface area contributed by atoms with Crippen LogP contribution in [0.5, 0.6) is 0 Å². The first-order chi connectivity index (χ1) is 7.43. The van der Waals surface area contributed by atoms with E-state index in [9.17, 15) is 0 Å². The van der Waals surface area contributed by atoms with Gasteiger partial charge in [0.05, 0.1) is 6.20 Å². The molecule has 0 bridgehead atoms. The Morgan fingerprint density at radius 1 is 1.27 bits per heavy atom. The second kappa shape index (κ2) is 3.53. The first-order valence-corrected chi connectivity index (χ1v) is 5.48. The van der Waals surface area contributed by atoms with Crippen LogP contribution in [0.4, 0.5) is 5.82 Å². The van der Waals surface area contributed by atoms with Gasteiger partial charge in [-0.1, -0.05) is 12.8 Å². The van der Waals surface area contributed by atoms with Crippen LogP contribution < -0.4 is 5.32 Å². The molecule has 0 saturated heterocycles. The first kappa shape index (κ1) is 8.71. The van der Waals surface area contributed by atoms with E-state index in [4.69, 9.17) is 0 Å². The Labute approximate surface area is 88.3 Å². The summed E-state index contributed by atoms with van der Waals surface area (Å²) in [5, 5.41) is 7.69. The van der Waals surface area contributed by atoms with Crippen LogP contribution in [0.25, 0.3) is 5.52 Å². The maximum Gasteiger partial charge on any atom is 0.152 e. The number of nitrogens with zero attached hydrogens (tertiary/aromatic N) is 3. The van der Waals surface area contributed by atoms with Gasteiger partial charge in [0.2, 0.25) is 0 Å². The van der Waals surface area contributed by atoms with Crippen LogP contribution >= 0.6 is 0 Å². The molecule has 4 nitrogen and oxygen atoms in total. The van der Waals surface area contributed by atoms with Gasteiger partial charge in [-0.05, 0) is 18.9 Å². The van der Waals surface area contributed by atoms with Gasteiger partial charge < -0.3 is 5.32 Å². The van der Waals surface area contributed by atoms with Gasteiger partial charge in [0.15, 0.2) is 5.82 Å². The van der Waals surface area contributed by atoms with Crippen molar-refractivity contribution < 1.29 is 0 Å². The molecule has 2 aromatic rings. The smallest absolute Gasteiger partial charge is 0.152 e. The third-order valence-electron chi connectivity index (χ3n) is 3.02. The van der Waals surface area contributed by atoms with E-state index in [0.29, 0.717) is 6.04 Å².